The van der Waals surface area contributed by atoms with Crippen molar-refractivity contribution in [3.63, 3.8) is 0 Å². The molecule has 0 aliphatic heterocycles. The molecule has 1 aliphatic rings. The van der Waals surface area contributed by atoms with Gasteiger partial charge in [0.25, 0.3) is 0 Å². The predicted molar refractivity (Wildman–Crippen MR) is 61.9 cm³/mol. The van der Waals surface area contributed by atoms with Crippen LogP contribution >= 0.6 is 0 Å². The lowest BCUT2D eigenvalue weighted by molar-refractivity contribution is 0.247. The second-order valence-electron chi connectivity index (χ2n) is 4.33. The highest BCUT2D eigenvalue weighted by molar-refractivity contribution is 5.19. The molecule has 82 valence electrons. The minimum absolute atomic E-state index is 0.226. The monoisotopic (exact) mass is 205 g/mol. The first-order chi connectivity index (χ1) is 7.40. The average Bonchev–Trinajstić information content (AvgIpc) is 2.23. The van der Waals surface area contributed by atoms with Crippen molar-refractivity contribution in [2.45, 2.75) is 31.2 Å². The van der Waals surface area contributed by atoms with Crippen molar-refractivity contribution in [2.24, 2.45) is 0 Å². The van der Waals surface area contributed by atoms with E-state index in [2.05, 4.69) is 17.4 Å². The molecule has 15 heavy (non-hydrogen) atoms. The number of rotatable bonds is 5. The lowest BCUT2D eigenvalue weighted by atomic mass is 9.92. The van der Waals surface area contributed by atoms with E-state index >= 15 is 0 Å². The third-order valence-corrected chi connectivity index (χ3v) is 3.25. The summed E-state index contributed by atoms with van der Waals surface area (Å²) in [7, 11) is 0. The Morgan fingerprint density at radius 2 is 2.00 bits per heavy atom. The van der Waals surface area contributed by atoms with Gasteiger partial charge in [-0.05, 0) is 18.4 Å². The van der Waals surface area contributed by atoms with Gasteiger partial charge in [-0.1, -0.05) is 36.8 Å². The Balaban J connectivity index is 1.86. The van der Waals surface area contributed by atoms with Gasteiger partial charge < -0.3 is 10.4 Å². The lowest BCUT2D eigenvalue weighted by Crippen LogP contribution is -2.38. The van der Waals surface area contributed by atoms with Gasteiger partial charge in [-0.2, -0.15) is 0 Å². The van der Waals surface area contributed by atoms with E-state index in [1.165, 1.54) is 24.8 Å². The summed E-state index contributed by atoms with van der Waals surface area (Å²) in [6, 6.07) is 10.9. The van der Waals surface area contributed by atoms with Gasteiger partial charge in [0.1, 0.15) is 0 Å². The molecule has 2 rings (SSSR count). The van der Waals surface area contributed by atoms with Crippen LogP contribution in [0.3, 0.4) is 0 Å². The minimum atomic E-state index is 0.226. The van der Waals surface area contributed by atoms with Gasteiger partial charge in [-0.25, -0.2) is 0 Å². The predicted octanol–water partition coefficient (Wildman–Crippen LogP) is 1.90. The molecule has 0 bridgehead atoms. The van der Waals surface area contributed by atoms with Gasteiger partial charge in [0.05, 0.1) is 6.61 Å². The minimum Gasteiger partial charge on any atom is -0.396 e. The molecule has 2 heteroatoms. The maximum atomic E-state index is 9.34. The fraction of sp³-hybridized carbons (Fsp3) is 0.538. The third kappa shape index (κ3) is 2.80. The zero-order valence-corrected chi connectivity index (χ0v) is 9.02. The molecule has 0 spiro atoms. The summed E-state index contributed by atoms with van der Waals surface area (Å²) in [4.78, 5) is 0. The van der Waals surface area contributed by atoms with E-state index in [1.807, 2.05) is 18.2 Å². The standard InChI is InChI=1S/C13H19NO/c15-10-12(9-14-13-7-4-8-13)11-5-2-1-3-6-11/h1-3,5-6,12-15H,4,7-10H2. The first kappa shape index (κ1) is 10.7. The molecule has 0 aromatic heterocycles. The first-order valence-corrected chi connectivity index (χ1v) is 5.79. The maximum Gasteiger partial charge on any atom is 0.0511 e. The highest BCUT2D eigenvalue weighted by atomic mass is 16.3. The molecule has 1 aliphatic carbocycles. The van der Waals surface area contributed by atoms with E-state index in [4.69, 9.17) is 0 Å². The van der Waals surface area contributed by atoms with E-state index in [9.17, 15) is 5.11 Å². The second kappa shape index (κ2) is 5.29. The van der Waals surface area contributed by atoms with Crippen molar-refractivity contribution in [1.29, 1.82) is 0 Å². The summed E-state index contributed by atoms with van der Waals surface area (Å²) in [5.74, 6) is 0.242. The maximum absolute atomic E-state index is 9.34. The zero-order valence-electron chi connectivity index (χ0n) is 9.02. The van der Waals surface area contributed by atoms with Gasteiger partial charge in [-0.3, -0.25) is 0 Å². The number of hydrogen-bond acceptors (Lipinski definition) is 2. The van der Waals surface area contributed by atoms with Crippen molar-refractivity contribution < 1.29 is 5.11 Å². The van der Waals surface area contributed by atoms with Crippen LogP contribution in [-0.2, 0) is 0 Å². The summed E-state index contributed by atoms with van der Waals surface area (Å²) >= 11 is 0. The summed E-state index contributed by atoms with van der Waals surface area (Å²) in [5.41, 5.74) is 1.23. The largest absolute Gasteiger partial charge is 0.396 e. The van der Waals surface area contributed by atoms with Crippen LogP contribution < -0.4 is 5.32 Å². The Hall–Kier alpha value is -0.860. The SMILES string of the molecule is OCC(CNC1CCC1)c1ccccc1. The van der Waals surface area contributed by atoms with E-state index in [1.54, 1.807) is 0 Å². The van der Waals surface area contributed by atoms with Crippen LogP contribution in [0.5, 0.6) is 0 Å². The highest BCUT2D eigenvalue weighted by Crippen LogP contribution is 2.20. The smallest absolute Gasteiger partial charge is 0.0511 e. The molecule has 1 fully saturated rings. The molecule has 0 amide bonds. The van der Waals surface area contributed by atoms with E-state index in [-0.39, 0.29) is 12.5 Å². The average molecular weight is 205 g/mol. The molecular weight excluding hydrogens is 186 g/mol. The van der Waals surface area contributed by atoms with Crippen LogP contribution in [0.2, 0.25) is 0 Å². The molecule has 2 N–H and O–H groups in total. The fourth-order valence-electron chi connectivity index (χ4n) is 1.93. The number of hydrogen-bond donors (Lipinski definition) is 2. The molecular formula is C13H19NO. The van der Waals surface area contributed by atoms with Crippen LogP contribution in [0, 0.1) is 0 Å². The van der Waals surface area contributed by atoms with Gasteiger partial charge in [0.15, 0.2) is 0 Å². The third-order valence-electron chi connectivity index (χ3n) is 3.25. The van der Waals surface area contributed by atoms with E-state index in [0.29, 0.717) is 6.04 Å². The van der Waals surface area contributed by atoms with Crippen molar-refractivity contribution in [3.8, 4) is 0 Å². The van der Waals surface area contributed by atoms with Crippen LogP contribution in [0.4, 0.5) is 0 Å². The number of benzene rings is 1. The van der Waals surface area contributed by atoms with Crippen molar-refractivity contribution in [3.05, 3.63) is 35.9 Å². The summed E-state index contributed by atoms with van der Waals surface area (Å²) in [6.45, 7) is 1.12. The highest BCUT2D eigenvalue weighted by Gasteiger charge is 2.18. The van der Waals surface area contributed by atoms with Gasteiger partial charge in [0.2, 0.25) is 0 Å². The summed E-state index contributed by atoms with van der Waals surface area (Å²) in [5, 5.41) is 12.9. The molecule has 2 nitrogen and oxygen atoms in total. The van der Waals surface area contributed by atoms with Gasteiger partial charge in [-0.15, -0.1) is 0 Å². The number of aliphatic hydroxyl groups is 1. The Labute approximate surface area is 91.3 Å². The molecule has 0 saturated heterocycles. The second-order valence-corrected chi connectivity index (χ2v) is 4.33. The first-order valence-electron chi connectivity index (χ1n) is 5.79. The Morgan fingerprint density at radius 3 is 2.53 bits per heavy atom. The molecule has 1 unspecified atom stereocenters. The van der Waals surface area contributed by atoms with Crippen LogP contribution in [-0.4, -0.2) is 24.3 Å². The lowest BCUT2D eigenvalue weighted by Gasteiger charge is -2.28. The van der Waals surface area contributed by atoms with Crippen molar-refractivity contribution in [1.82, 2.24) is 5.32 Å². The molecule has 1 aromatic rings. The van der Waals surface area contributed by atoms with Crippen molar-refractivity contribution in [2.75, 3.05) is 13.2 Å². The molecule has 1 atom stereocenters. The summed E-state index contributed by atoms with van der Waals surface area (Å²) < 4.78 is 0. The Bertz CT molecular complexity index is 282. The van der Waals surface area contributed by atoms with Crippen molar-refractivity contribution >= 4 is 0 Å². The molecule has 1 saturated carbocycles. The van der Waals surface area contributed by atoms with Crippen LogP contribution in [0.15, 0.2) is 30.3 Å². The van der Waals surface area contributed by atoms with Gasteiger partial charge in [0, 0.05) is 18.5 Å². The zero-order chi connectivity index (χ0) is 10.5. The number of aliphatic hydroxyl groups excluding tert-OH is 1. The normalized spacial score (nSPS) is 18.5. The summed E-state index contributed by atoms with van der Waals surface area (Å²) in [6.07, 6.45) is 3.95. The molecule has 1 aromatic carbocycles. The Morgan fingerprint density at radius 1 is 1.27 bits per heavy atom. The fourth-order valence-corrected chi connectivity index (χ4v) is 1.93. The topological polar surface area (TPSA) is 32.3 Å². The van der Waals surface area contributed by atoms with E-state index < -0.39 is 0 Å². The quantitative estimate of drug-likeness (QED) is 0.769. The Kier molecular flexibility index (Phi) is 3.75. The van der Waals surface area contributed by atoms with Crippen LogP contribution in [0.25, 0.3) is 0 Å². The van der Waals surface area contributed by atoms with Crippen LogP contribution in [0.1, 0.15) is 30.7 Å². The number of nitrogens with one attached hydrogen (secondary N) is 1. The molecule has 0 radical (unpaired) electrons. The van der Waals surface area contributed by atoms with E-state index in [0.717, 1.165) is 6.54 Å². The molecule has 0 heterocycles. The van der Waals surface area contributed by atoms with Gasteiger partial charge >= 0.3 is 0 Å².